The van der Waals surface area contributed by atoms with E-state index in [9.17, 15) is 0 Å². The molecule has 0 bridgehead atoms. The molecule has 126 valence electrons. The molecule has 0 aliphatic heterocycles. The summed E-state index contributed by atoms with van der Waals surface area (Å²) in [6.07, 6.45) is 6.45. The lowest BCUT2D eigenvalue weighted by Gasteiger charge is -2.22. The Bertz CT molecular complexity index is 777. The van der Waals surface area contributed by atoms with Crippen LogP contribution >= 0.6 is 11.6 Å². The maximum Gasteiger partial charge on any atom is 0.178 e. The van der Waals surface area contributed by atoms with Gasteiger partial charge in [0.05, 0.1) is 17.4 Å². The van der Waals surface area contributed by atoms with Gasteiger partial charge in [-0.3, -0.25) is 0 Å². The van der Waals surface area contributed by atoms with Gasteiger partial charge in [-0.25, -0.2) is 14.6 Å². The Morgan fingerprint density at radius 1 is 1.33 bits per heavy atom. The fourth-order valence-corrected chi connectivity index (χ4v) is 3.24. The van der Waals surface area contributed by atoms with Crippen molar-refractivity contribution in [3.05, 3.63) is 28.8 Å². The van der Waals surface area contributed by atoms with Crippen LogP contribution in [0.25, 0.3) is 0 Å². The molecule has 0 spiro atoms. The lowest BCUT2D eigenvalue weighted by molar-refractivity contribution is 0.357. The number of nitrogens with zero attached hydrogens (tertiary/aromatic N) is 5. The van der Waals surface area contributed by atoms with Gasteiger partial charge in [0.1, 0.15) is 11.9 Å². The fourth-order valence-electron chi connectivity index (χ4n) is 3.05. The summed E-state index contributed by atoms with van der Waals surface area (Å²) >= 11 is 5.98. The Hall–Kier alpha value is -2.13. The van der Waals surface area contributed by atoms with E-state index in [2.05, 4.69) is 42.1 Å². The Balaban J connectivity index is 1.94. The third kappa shape index (κ3) is 3.36. The van der Waals surface area contributed by atoms with Crippen molar-refractivity contribution in [2.24, 2.45) is 0 Å². The zero-order valence-corrected chi connectivity index (χ0v) is 14.9. The molecule has 3 rings (SSSR count). The smallest absolute Gasteiger partial charge is 0.178 e. The summed E-state index contributed by atoms with van der Waals surface area (Å²) in [4.78, 5) is 8.22. The van der Waals surface area contributed by atoms with Gasteiger partial charge in [0.25, 0.3) is 0 Å². The van der Waals surface area contributed by atoms with Gasteiger partial charge in [0, 0.05) is 12.0 Å². The van der Waals surface area contributed by atoms with E-state index >= 15 is 0 Å². The van der Waals surface area contributed by atoms with Crippen molar-refractivity contribution in [3.8, 4) is 6.07 Å². The summed E-state index contributed by atoms with van der Waals surface area (Å²) in [6.45, 7) is 6.34. The molecule has 0 amide bonds. The first-order chi connectivity index (χ1) is 11.4. The standard InChI is InChI=1S/C17H21ClN6/c1-17(2,3)24-15(8-12(23-24)11-6-4-5-7-11)21-14-10-20-13(9-19)16(18)22-14/h8,10-11H,4-7H2,1-3H3,(H,21,22). The molecular weight excluding hydrogens is 324 g/mol. The van der Waals surface area contributed by atoms with Crippen LogP contribution in [0, 0.1) is 11.3 Å². The van der Waals surface area contributed by atoms with E-state index in [1.807, 2.05) is 10.8 Å². The van der Waals surface area contributed by atoms with Gasteiger partial charge in [-0.15, -0.1) is 0 Å². The molecule has 0 aromatic carbocycles. The van der Waals surface area contributed by atoms with Crippen molar-refractivity contribution in [2.75, 3.05) is 5.32 Å². The van der Waals surface area contributed by atoms with Crippen molar-refractivity contribution >= 4 is 23.2 Å². The summed E-state index contributed by atoms with van der Waals surface area (Å²) < 4.78 is 1.98. The average molecular weight is 345 g/mol. The first-order valence-electron chi connectivity index (χ1n) is 8.18. The third-order valence-electron chi connectivity index (χ3n) is 4.23. The molecule has 0 unspecified atom stereocenters. The van der Waals surface area contributed by atoms with Gasteiger partial charge in [0.15, 0.2) is 16.7 Å². The average Bonchev–Trinajstić information content (AvgIpc) is 3.15. The molecule has 2 aromatic heterocycles. The van der Waals surface area contributed by atoms with Gasteiger partial charge in [-0.2, -0.15) is 10.4 Å². The van der Waals surface area contributed by atoms with Crippen molar-refractivity contribution in [1.29, 1.82) is 5.26 Å². The highest BCUT2D eigenvalue weighted by Gasteiger charge is 2.25. The minimum absolute atomic E-state index is 0.0975. The summed E-state index contributed by atoms with van der Waals surface area (Å²) in [5, 5.41) is 17.1. The zero-order valence-electron chi connectivity index (χ0n) is 14.2. The minimum atomic E-state index is -0.164. The molecule has 7 heteroatoms. The van der Waals surface area contributed by atoms with Crippen molar-refractivity contribution in [1.82, 2.24) is 19.7 Å². The van der Waals surface area contributed by atoms with E-state index in [1.54, 1.807) is 0 Å². The minimum Gasteiger partial charge on any atom is -0.324 e. The maximum atomic E-state index is 8.90. The van der Waals surface area contributed by atoms with Gasteiger partial charge in [0.2, 0.25) is 0 Å². The van der Waals surface area contributed by atoms with Crippen LogP contribution in [0.15, 0.2) is 12.3 Å². The molecule has 2 heterocycles. The summed E-state index contributed by atoms with van der Waals surface area (Å²) in [5.74, 6) is 1.90. The third-order valence-corrected chi connectivity index (χ3v) is 4.49. The zero-order chi connectivity index (χ0) is 17.3. The fraction of sp³-hybridized carbons (Fsp3) is 0.529. The lowest BCUT2D eigenvalue weighted by atomic mass is 10.0. The SMILES string of the molecule is CC(C)(C)n1nc(C2CCCC2)cc1Nc1cnc(C#N)c(Cl)n1. The number of hydrogen-bond donors (Lipinski definition) is 1. The predicted molar refractivity (Wildman–Crippen MR) is 93.5 cm³/mol. The Labute approximate surface area is 146 Å². The highest BCUT2D eigenvalue weighted by molar-refractivity contribution is 6.30. The van der Waals surface area contributed by atoms with Gasteiger partial charge >= 0.3 is 0 Å². The van der Waals surface area contributed by atoms with Crippen LogP contribution in [0.3, 0.4) is 0 Å². The Morgan fingerprint density at radius 2 is 2.04 bits per heavy atom. The number of nitrogens with one attached hydrogen (secondary N) is 1. The van der Waals surface area contributed by atoms with Crippen molar-refractivity contribution in [3.63, 3.8) is 0 Å². The van der Waals surface area contributed by atoms with E-state index in [0.29, 0.717) is 11.7 Å². The second-order valence-corrected chi connectivity index (χ2v) is 7.51. The topological polar surface area (TPSA) is 79.4 Å². The maximum absolute atomic E-state index is 8.90. The van der Waals surface area contributed by atoms with Crippen molar-refractivity contribution < 1.29 is 0 Å². The predicted octanol–water partition coefficient (Wildman–Crippen LogP) is 4.35. The molecule has 0 saturated heterocycles. The number of nitriles is 1. The second-order valence-electron chi connectivity index (χ2n) is 7.15. The van der Waals surface area contributed by atoms with E-state index in [1.165, 1.54) is 31.9 Å². The monoisotopic (exact) mass is 344 g/mol. The van der Waals surface area contributed by atoms with Crippen LogP contribution in [-0.2, 0) is 5.54 Å². The van der Waals surface area contributed by atoms with Gasteiger partial charge in [-0.05, 0) is 33.6 Å². The number of rotatable bonds is 3. The molecule has 1 fully saturated rings. The molecule has 1 N–H and O–H groups in total. The number of aromatic nitrogens is 4. The molecule has 2 aromatic rings. The Morgan fingerprint density at radius 3 is 2.62 bits per heavy atom. The Kier molecular flexibility index (Phi) is 4.46. The van der Waals surface area contributed by atoms with Crippen LogP contribution in [0.1, 0.15) is 63.8 Å². The molecular formula is C17H21ClN6. The normalized spacial score (nSPS) is 15.5. The highest BCUT2D eigenvalue weighted by atomic mass is 35.5. The second kappa shape index (κ2) is 6.40. The van der Waals surface area contributed by atoms with Crippen molar-refractivity contribution in [2.45, 2.75) is 57.9 Å². The van der Waals surface area contributed by atoms with Crippen LogP contribution in [0.2, 0.25) is 5.15 Å². The molecule has 0 atom stereocenters. The summed E-state index contributed by atoms with van der Waals surface area (Å²) in [6, 6.07) is 4.00. The number of halogens is 1. The quantitative estimate of drug-likeness (QED) is 0.895. The van der Waals surface area contributed by atoms with Crippen LogP contribution in [0.5, 0.6) is 0 Å². The van der Waals surface area contributed by atoms with E-state index in [-0.39, 0.29) is 16.4 Å². The van der Waals surface area contributed by atoms with Crippen LogP contribution in [-0.4, -0.2) is 19.7 Å². The molecule has 0 radical (unpaired) electrons. The molecule has 1 aliphatic carbocycles. The molecule has 1 aliphatic rings. The first kappa shape index (κ1) is 16.7. The lowest BCUT2D eigenvalue weighted by Crippen LogP contribution is -2.25. The van der Waals surface area contributed by atoms with Crippen LogP contribution < -0.4 is 5.32 Å². The van der Waals surface area contributed by atoms with E-state index < -0.39 is 0 Å². The number of hydrogen-bond acceptors (Lipinski definition) is 5. The van der Waals surface area contributed by atoms with Crippen LogP contribution in [0.4, 0.5) is 11.6 Å². The molecule has 6 nitrogen and oxygen atoms in total. The van der Waals surface area contributed by atoms with Gasteiger partial charge in [-0.1, -0.05) is 24.4 Å². The molecule has 24 heavy (non-hydrogen) atoms. The highest BCUT2D eigenvalue weighted by Crippen LogP contribution is 2.36. The largest absolute Gasteiger partial charge is 0.324 e. The summed E-state index contributed by atoms with van der Waals surface area (Å²) in [5.41, 5.74) is 1.08. The van der Waals surface area contributed by atoms with Gasteiger partial charge < -0.3 is 5.32 Å². The first-order valence-corrected chi connectivity index (χ1v) is 8.56. The molecule has 1 saturated carbocycles. The van der Waals surface area contributed by atoms with E-state index in [0.717, 1.165) is 11.5 Å². The summed E-state index contributed by atoms with van der Waals surface area (Å²) in [7, 11) is 0. The van der Waals surface area contributed by atoms with E-state index in [4.69, 9.17) is 22.0 Å². The number of anilines is 2.